The quantitative estimate of drug-likeness (QED) is 0.783. The second-order valence-electron chi connectivity index (χ2n) is 4.68. The first kappa shape index (κ1) is 14.4. The Hall–Kier alpha value is -2.00. The smallest absolute Gasteiger partial charge is 0.119 e. The van der Waals surface area contributed by atoms with E-state index >= 15 is 0 Å². The fourth-order valence-electron chi connectivity index (χ4n) is 2.03. The Balaban J connectivity index is 1.73. The van der Waals surface area contributed by atoms with E-state index < -0.39 is 0 Å². The van der Waals surface area contributed by atoms with Gasteiger partial charge in [0.05, 0.1) is 13.7 Å². The maximum atomic E-state index is 6.17. The number of nitrogens with two attached hydrogens (primary N) is 1. The molecule has 2 aromatic carbocycles. The predicted molar refractivity (Wildman–Crippen MR) is 81.1 cm³/mol. The first-order valence-electron chi connectivity index (χ1n) is 6.87. The Labute approximate surface area is 120 Å². The average molecular weight is 271 g/mol. The van der Waals surface area contributed by atoms with Crippen molar-refractivity contribution in [2.24, 2.45) is 5.73 Å². The Bertz CT molecular complexity index is 496. The van der Waals surface area contributed by atoms with Gasteiger partial charge in [0.15, 0.2) is 0 Å². The molecule has 2 N–H and O–H groups in total. The van der Waals surface area contributed by atoms with E-state index in [2.05, 4.69) is 0 Å². The molecule has 0 spiro atoms. The van der Waals surface area contributed by atoms with Crippen LogP contribution in [-0.4, -0.2) is 13.7 Å². The molecule has 0 saturated carbocycles. The lowest BCUT2D eigenvalue weighted by atomic mass is 10.0. The highest BCUT2D eigenvalue weighted by atomic mass is 16.5. The Morgan fingerprint density at radius 2 is 1.65 bits per heavy atom. The van der Waals surface area contributed by atoms with Crippen LogP contribution in [0.4, 0.5) is 0 Å². The highest BCUT2D eigenvalue weighted by molar-refractivity contribution is 5.28. The number of methoxy groups -OCH3 is 1. The van der Waals surface area contributed by atoms with Crippen LogP contribution < -0.4 is 15.2 Å². The second-order valence-corrected chi connectivity index (χ2v) is 4.68. The molecule has 1 unspecified atom stereocenters. The van der Waals surface area contributed by atoms with Gasteiger partial charge in [-0.25, -0.2) is 0 Å². The zero-order valence-corrected chi connectivity index (χ0v) is 11.8. The molecular formula is C17H21NO2. The minimum absolute atomic E-state index is 0.0419. The first-order valence-corrected chi connectivity index (χ1v) is 6.87. The minimum Gasteiger partial charge on any atom is -0.497 e. The molecule has 0 heterocycles. The molecule has 0 aliphatic rings. The van der Waals surface area contributed by atoms with E-state index in [4.69, 9.17) is 15.2 Å². The largest absolute Gasteiger partial charge is 0.497 e. The van der Waals surface area contributed by atoms with E-state index in [-0.39, 0.29) is 6.04 Å². The molecule has 0 aromatic heterocycles. The zero-order chi connectivity index (χ0) is 14.2. The topological polar surface area (TPSA) is 44.5 Å². The fraction of sp³-hybridized carbons (Fsp3) is 0.294. The molecule has 0 aliphatic carbocycles. The summed E-state index contributed by atoms with van der Waals surface area (Å²) in [5, 5.41) is 0. The highest BCUT2D eigenvalue weighted by Crippen LogP contribution is 2.19. The van der Waals surface area contributed by atoms with Gasteiger partial charge in [-0.2, -0.15) is 0 Å². The predicted octanol–water partition coefficient (Wildman–Crippen LogP) is 3.55. The third kappa shape index (κ3) is 4.28. The Morgan fingerprint density at radius 1 is 0.950 bits per heavy atom. The van der Waals surface area contributed by atoms with Crippen molar-refractivity contribution in [3.05, 3.63) is 60.2 Å². The summed E-state index contributed by atoms with van der Waals surface area (Å²) in [4.78, 5) is 0. The van der Waals surface area contributed by atoms with Crippen molar-refractivity contribution in [3.8, 4) is 11.5 Å². The van der Waals surface area contributed by atoms with Gasteiger partial charge in [-0.3, -0.25) is 0 Å². The monoisotopic (exact) mass is 271 g/mol. The van der Waals surface area contributed by atoms with Crippen molar-refractivity contribution in [2.75, 3.05) is 13.7 Å². The lowest BCUT2D eigenvalue weighted by Crippen LogP contribution is -2.11. The van der Waals surface area contributed by atoms with Crippen LogP contribution >= 0.6 is 0 Å². The summed E-state index contributed by atoms with van der Waals surface area (Å²) in [6, 6.07) is 17.8. The third-order valence-electron chi connectivity index (χ3n) is 3.22. The lowest BCUT2D eigenvalue weighted by molar-refractivity contribution is 0.302. The SMILES string of the molecule is COc1ccc(C(N)CCCOc2ccccc2)cc1. The normalized spacial score (nSPS) is 11.9. The van der Waals surface area contributed by atoms with Gasteiger partial charge in [0.25, 0.3) is 0 Å². The van der Waals surface area contributed by atoms with Gasteiger partial charge in [0, 0.05) is 6.04 Å². The summed E-state index contributed by atoms with van der Waals surface area (Å²) in [6.45, 7) is 0.688. The molecule has 0 bridgehead atoms. The van der Waals surface area contributed by atoms with Crippen LogP contribution in [0.15, 0.2) is 54.6 Å². The van der Waals surface area contributed by atoms with E-state index in [1.54, 1.807) is 7.11 Å². The van der Waals surface area contributed by atoms with Crippen LogP contribution in [0.5, 0.6) is 11.5 Å². The van der Waals surface area contributed by atoms with Crippen molar-refractivity contribution in [3.63, 3.8) is 0 Å². The number of para-hydroxylation sites is 1. The second kappa shape index (κ2) is 7.56. The van der Waals surface area contributed by atoms with Crippen LogP contribution in [0.2, 0.25) is 0 Å². The highest BCUT2D eigenvalue weighted by Gasteiger charge is 2.06. The molecule has 3 heteroatoms. The number of hydrogen-bond acceptors (Lipinski definition) is 3. The summed E-state index contributed by atoms with van der Waals surface area (Å²) in [5.74, 6) is 1.76. The summed E-state index contributed by atoms with van der Waals surface area (Å²) in [7, 11) is 1.66. The zero-order valence-electron chi connectivity index (χ0n) is 11.8. The maximum Gasteiger partial charge on any atom is 0.119 e. The van der Waals surface area contributed by atoms with Gasteiger partial charge in [0.2, 0.25) is 0 Å². The number of hydrogen-bond donors (Lipinski definition) is 1. The molecule has 0 aliphatic heterocycles. The van der Waals surface area contributed by atoms with E-state index in [9.17, 15) is 0 Å². The lowest BCUT2D eigenvalue weighted by Gasteiger charge is -2.13. The maximum absolute atomic E-state index is 6.17. The van der Waals surface area contributed by atoms with Crippen LogP contribution in [0.3, 0.4) is 0 Å². The van der Waals surface area contributed by atoms with Crippen molar-refractivity contribution in [1.82, 2.24) is 0 Å². The Kier molecular flexibility index (Phi) is 5.44. The molecule has 0 fully saturated rings. The first-order chi connectivity index (χ1) is 9.79. The van der Waals surface area contributed by atoms with Crippen LogP contribution in [0, 0.1) is 0 Å². The van der Waals surface area contributed by atoms with Gasteiger partial charge in [-0.15, -0.1) is 0 Å². The molecule has 3 nitrogen and oxygen atoms in total. The third-order valence-corrected chi connectivity index (χ3v) is 3.22. The standard InChI is InChI=1S/C17H21NO2/c1-19-15-11-9-14(10-12-15)17(18)8-5-13-20-16-6-3-2-4-7-16/h2-4,6-7,9-12,17H,5,8,13,18H2,1H3. The van der Waals surface area contributed by atoms with Crippen LogP contribution in [-0.2, 0) is 0 Å². The van der Waals surface area contributed by atoms with E-state index in [0.29, 0.717) is 6.61 Å². The molecule has 1 atom stereocenters. The number of ether oxygens (including phenoxy) is 2. The van der Waals surface area contributed by atoms with E-state index in [1.807, 2.05) is 54.6 Å². The molecule has 106 valence electrons. The fourth-order valence-corrected chi connectivity index (χ4v) is 2.03. The number of rotatable bonds is 7. The van der Waals surface area contributed by atoms with Gasteiger partial charge >= 0.3 is 0 Å². The van der Waals surface area contributed by atoms with Crippen molar-refractivity contribution >= 4 is 0 Å². The van der Waals surface area contributed by atoms with Gasteiger partial charge in [-0.1, -0.05) is 30.3 Å². The summed E-state index contributed by atoms with van der Waals surface area (Å²) < 4.78 is 10.8. The van der Waals surface area contributed by atoms with Gasteiger partial charge in [0.1, 0.15) is 11.5 Å². The summed E-state index contributed by atoms with van der Waals surface area (Å²) >= 11 is 0. The summed E-state index contributed by atoms with van der Waals surface area (Å²) in [6.07, 6.45) is 1.83. The van der Waals surface area contributed by atoms with Crippen molar-refractivity contribution in [2.45, 2.75) is 18.9 Å². The molecule has 0 saturated heterocycles. The van der Waals surface area contributed by atoms with Crippen molar-refractivity contribution in [1.29, 1.82) is 0 Å². The van der Waals surface area contributed by atoms with E-state index in [1.165, 1.54) is 0 Å². The van der Waals surface area contributed by atoms with Crippen LogP contribution in [0.25, 0.3) is 0 Å². The summed E-state index contributed by atoms with van der Waals surface area (Å²) in [5.41, 5.74) is 7.30. The molecule has 2 aromatic rings. The molecule has 20 heavy (non-hydrogen) atoms. The molecule has 0 radical (unpaired) electrons. The van der Waals surface area contributed by atoms with Crippen molar-refractivity contribution < 1.29 is 9.47 Å². The van der Waals surface area contributed by atoms with E-state index in [0.717, 1.165) is 29.9 Å². The average Bonchev–Trinajstić information content (AvgIpc) is 2.52. The minimum atomic E-state index is 0.0419. The van der Waals surface area contributed by atoms with Gasteiger partial charge < -0.3 is 15.2 Å². The Morgan fingerprint density at radius 3 is 2.30 bits per heavy atom. The molecular weight excluding hydrogens is 250 g/mol. The molecule has 0 amide bonds. The molecule has 2 rings (SSSR count). The van der Waals surface area contributed by atoms with Gasteiger partial charge in [-0.05, 0) is 42.7 Å². The van der Waals surface area contributed by atoms with Crippen LogP contribution in [0.1, 0.15) is 24.4 Å². The number of benzene rings is 2.